The van der Waals surface area contributed by atoms with Crippen LogP contribution in [0.2, 0.25) is 18.1 Å². The van der Waals surface area contributed by atoms with E-state index in [1.165, 1.54) is 5.57 Å². The van der Waals surface area contributed by atoms with E-state index in [1.807, 2.05) is 13.1 Å². The highest BCUT2D eigenvalue weighted by molar-refractivity contribution is 9.09. The van der Waals surface area contributed by atoms with Crippen molar-refractivity contribution in [2.45, 2.75) is 45.3 Å². The van der Waals surface area contributed by atoms with E-state index in [-0.39, 0.29) is 5.04 Å². The molecule has 0 saturated carbocycles. The van der Waals surface area contributed by atoms with Crippen LogP contribution < -0.4 is 0 Å². The van der Waals surface area contributed by atoms with Gasteiger partial charge in [0.1, 0.15) is 0 Å². The van der Waals surface area contributed by atoms with Crippen LogP contribution in [-0.2, 0) is 0 Å². The van der Waals surface area contributed by atoms with Gasteiger partial charge in [-0.05, 0) is 30.5 Å². The van der Waals surface area contributed by atoms with Crippen molar-refractivity contribution in [1.82, 2.24) is 0 Å². The zero-order valence-electron chi connectivity index (χ0n) is 10.0. The average molecular weight is 279 g/mol. The molecular formula is C11H23BrOSi. The Labute approximate surface area is 97.9 Å². The fourth-order valence-corrected chi connectivity index (χ4v) is 2.65. The van der Waals surface area contributed by atoms with Gasteiger partial charge in [-0.15, -0.1) is 0 Å². The second kappa shape index (κ2) is 4.95. The van der Waals surface area contributed by atoms with Gasteiger partial charge in [-0.25, -0.2) is 0 Å². The molecule has 1 N–H and O–H groups in total. The summed E-state index contributed by atoms with van der Waals surface area (Å²) in [5.41, 5.74) is 1.22. The van der Waals surface area contributed by atoms with Crippen LogP contribution in [0.5, 0.6) is 0 Å². The molecule has 3 heteroatoms. The normalized spacial score (nSPS) is 15.4. The van der Waals surface area contributed by atoms with Crippen molar-refractivity contribution < 1.29 is 4.80 Å². The van der Waals surface area contributed by atoms with E-state index >= 15 is 0 Å². The van der Waals surface area contributed by atoms with Gasteiger partial charge in [0.15, 0.2) is 8.32 Å². The second-order valence-corrected chi connectivity index (χ2v) is 10.4. The first-order valence-corrected chi connectivity index (χ1v) is 9.14. The van der Waals surface area contributed by atoms with Crippen LogP contribution in [0, 0.1) is 5.92 Å². The zero-order chi connectivity index (χ0) is 11.6. The summed E-state index contributed by atoms with van der Waals surface area (Å²) >= 11 is 3.42. The van der Waals surface area contributed by atoms with Gasteiger partial charge in [-0.1, -0.05) is 48.9 Å². The Balaban J connectivity index is 4.44. The van der Waals surface area contributed by atoms with Crippen LogP contribution in [0.25, 0.3) is 0 Å². The maximum atomic E-state index is 10.1. The van der Waals surface area contributed by atoms with E-state index in [1.54, 1.807) is 0 Å². The molecule has 1 unspecified atom stereocenters. The molecule has 0 aromatic carbocycles. The van der Waals surface area contributed by atoms with Gasteiger partial charge in [-0.2, -0.15) is 0 Å². The van der Waals surface area contributed by atoms with E-state index in [4.69, 9.17) is 0 Å². The lowest BCUT2D eigenvalue weighted by atomic mass is 9.93. The molecule has 0 fully saturated rings. The Kier molecular flexibility index (Phi) is 5.09. The summed E-state index contributed by atoms with van der Waals surface area (Å²) in [4.78, 5) is 10.1. The molecule has 0 aromatic heterocycles. The van der Waals surface area contributed by atoms with Gasteiger partial charge >= 0.3 is 0 Å². The van der Waals surface area contributed by atoms with Crippen LogP contribution in [0.15, 0.2) is 12.2 Å². The molecule has 1 atom stereocenters. The van der Waals surface area contributed by atoms with Crippen molar-refractivity contribution in [2.24, 2.45) is 5.92 Å². The molecule has 84 valence electrons. The Hall–Kier alpha value is 0.397. The molecule has 0 rings (SSSR count). The molecule has 0 aliphatic rings. The minimum atomic E-state index is -2.06. The molecule has 0 saturated heterocycles. The minimum Gasteiger partial charge on any atom is -0.432 e. The van der Waals surface area contributed by atoms with Crippen LogP contribution >= 0.6 is 15.9 Å². The summed E-state index contributed by atoms with van der Waals surface area (Å²) in [6, 6.07) is 0. The molecule has 0 radical (unpaired) electrons. The minimum absolute atomic E-state index is 0.0531. The smallest absolute Gasteiger partial charge is 0.188 e. The summed E-state index contributed by atoms with van der Waals surface area (Å²) in [5.74, 6) is 0.475. The van der Waals surface area contributed by atoms with Gasteiger partial charge in [-0.3, -0.25) is 0 Å². The molecular weight excluding hydrogens is 256 g/mol. The number of halogens is 1. The number of hydrogen-bond donors (Lipinski definition) is 1. The first-order valence-electron chi connectivity index (χ1n) is 5.08. The summed E-state index contributed by atoms with van der Waals surface area (Å²) in [6.07, 6.45) is 1.02. The number of hydrogen-bond acceptors (Lipinski definition) is 1. The highest BCUT2D eigenvalue weighted by atomic mass is 79.9. The highest BCUT2D eigenvalue weighted by Gasteiger charge is 2.38. The number of rotatable bonds is 5. The maximum absolute atomic E-state index is 10.1. The van der Waals surface area contributed by atoms with Crippen molar-refractivity contribution in [3.05, 3.63) is 12.2 Å². The molecule has 0 aliphatic heterocycles. The van der Waals surface area contributed by atoms with Crippen molar-refractivity contribution in [3.63, 3.8) is 0 Å². The standard InChI is InChI=1S/C11H23BrOSi/c1-9(10(2)8-12)7-11(3,4)14(5,6)13/h9,13H,2,7-8H2,1,3-6H3. The quantitative estimate of drug-likeness (QED) is 0.459. The van der Waals surface area contributed by atoms with Gasteiger partial charge in [0.05, 0.1) is 0 Å². The largest absolute Gasteiger partial charge is 0.432 e. The Bertz CT molecular complexity index is 206. The first-order chi connectivity index (χ1) is 6.12. The lowest BCUT2D eigenvalue weighted by Crippen LogP contribution is -2.40. The molecule has 0 aromatic rings. The van der Waals surface area contributed by atoms with Crippen LogP contribution in [-0.4, -0.2) is 18.4 Å². The predicted octanol–water partition coefficient (Wildman–Crippen LogP) is 3.94. The van der Waals surface area contributed by atoms with Crippen LogP contribution in [0.1, 0.15) is 27.2 Å². The Morgan fingerprint density at radius 2 is 1.93 bits per heavy atom. The average Bonchev–Trinajstić information content (AvgIpc) is 2.00. The van der Waals surface area contributed by atoms with Gasteiger partial charge in [0, 0.05) is 5.33 Å². The molecule has 14 heavy (non-hydrogen) atoms. The van der Waals surface area contributed by atoms with Crippen molar-refractivity contribution in [3.8, 4) is 0 Å². The van der Waals surface area contributed by atoms with Crippen molar-refractivity contribution >= 4 is 24.2 Å². The lowest BCUT2D eigenvalue weighted by Gasteiger charge is -2.37. The maximum Gasteiger partial charge on any atom is 0.188 e. The fraction of sp³-hybridized carbons (Fsp3) is 0.818. The molecule has 0 heterocycles. The summed E-state index contributed by atoms with van der Waals surface area (Å²) in [5, 5.41) is 0.912. The van der Waals surface area contributed by atoms with E-state index in [0.29, 0.717) is 5.92 Å². The molecule has 0 amide bonds. The molecule has 0 bridgehead atoms. The summed E-state index contributed by atoms with van der Waals surface area (Å²) in [7, 11) is -2.06. The molecule has 0 aliphatic carbocycles. The van der Waals surface area contributed by atoms with Gasteiger partial charge in [0.25, 0.3) is 0 Å². The number of alkyl halides is 1. The SMILES string of the molecule is C=C(CBr)C(C)CC(C)(C)[Si](C)(C)O. The van der Waals surface area contributed by atoms with E-state index in [9.17, 15) is 4.80 Å². The molecule has 1 nitrogen and oxygen atoms in total. The lowest BCUT2D eigenvalue weighted by molar-refractivity contribution is 0.415. The third-order valence-corrected chi connectivity index (χ3v) is 7.58. The van der Waals surface area contributed by atoms with E-state index in [0.717, 1.165) is 11.8 Å². The summed E-state index contributed by atoms with van der Waals surface area (Å²) in [6.45, 7) is 14.6. The first kappa shape index (κ1) is 14.4. The Morgan fingerprint density at radius 3 is 2.21 bits per heavy atom. The van der Waals surface area contributed by atoms with E-state index < -0.39 is 8.32 Å². The zero-order valence-corrected chi connectivity index (χ0v) is 12.6. The van der Waals surface area contributed by atoms with Crippen molar-refractivity contribution in [2.75, 3.05) is 5.33 Å². The predicted molar refractivity (Wildman–Crippen MR) is 70.5 cm³/mol. The van der Waals surface area contributed by atoms with Crippen LogP contribution in [0.3, 0.4) is 0 Å². The second-order valence-electron chi connectivity index (χ2n) is 5.34. The topological polar surface area (TPSA) is 20.2 Å². The summed E-state index contributed by atoms with van der Waals surface area (Å²) < 4.78 is 0. The van der Waals surface area contributed by atoms with Crippen LogP contribution in [0.4, 0.5) is 0 Å². The fourth-order valence-electron chi connectivity index (χ4n) is 1.29. The third-order valence-electron chi connectivity index (χ3n) is 3.34. The van der Waals surface area contributed by atoms with Gasteiger partial charge < -0.3 is 4.80 Å². The third kappa shape index (κ3) is 3.87. The Morgan fingerprint density at radius 1 is 1.50 bits per heavy atom. The monoisotopic (exact) mass is 278 g/mol. The van der Waals surface area contributed by atoms with Crippen molar-refractivity contribution in [1.29, 1.82) is 0 Å². The van der Waals surface area contributed by atoms with E-state index in [2.05, 4.69) is 43.3 Å². The molecule has 0 spiro atoms. The highest BCUT2D eigenvalue weighted by Crippen LogP contribution is 2.42. The number of allylic oxidation sites excluding steroid dienone is 1. The van der Waals surface area contributed by atoms with Gasteiger partial charge in [0.2, 0.25) is 0 Å².